The maximum Gasteiger partial charge on any atom is 0.244 e. The SMILES string of the molecule is C=CC(=O)NCC(C)COCC(COCC(C)CNC(=O)C=C)(COCC(C)CNC(=O)C=C)NC(=O)C=C. The lowest BCUT2D eigenvalue weighted by molar-refractivity contribution is -0.124. The van der Waals surface area contributed by atoms with Gasteiger partial charge in [-0.05, 0) is 42.1 Å². The average molecular weight is 551 g/mol. The third kappa shape index (κ3) is 17.8. The predicted molar refractivity (Wildman–Crippen MR) is 151 cm³/mol. The van der Waals surface area contributed by atoms with Crippen LogP contribution in [0, 0.1) is 17.8 Å². The molecule has 0 spiro atoms. The Morgan fingerprint density at radius 1 is 0.590 bits per heavy atom. The van der Waals surface area contributed by atoms with Gasteiger partial charge in [0.25, 0.3) is 0 Å². The van der Waals surface area contributed by atoms with E-state index in [-0.39, 0.29) is 55.3 Å². The first-order chi connectivity index (χ1) is 18.5. The van der Waals surface area contributed by atoms with Crippen molar-refractivity contribution < 1.29 is 33.4 Å². The molecule has 220 valence electrons. The third-order valence-electron chi connectivity index (χ3n) is 5.35. The number of carbonyl (C=O) groups excluding carboxylic acids is 4. The summed E-state index contributed by atoms with van der Waals surface area (Å²) in [5.74, 6) is -1.26. The summed E-state index contributed by atoms with van der Waals surface area (Å²) in [7, 11) is 0. The molecule has 4 N–H and O–H groups in total. The van der Waals surface area contributed by atoms with E-state index in [2.05, 4.69) is 47.6 Å². The molecule has 0 fully saturated rings. The molecule has 0 aliphatic carbocycles. The van der Waals surface area contributed by atoms with Gasteiger partial charge < -0.3 is 35.5 Å². The Hall–Kier alpha value is -3.28. The summed E-state index contributed by atoms with van der Waals surface area (Å²) in [4.78, 5) is 46.7. The molecule has 0 aromatic heterocycles. The van der Waals surface area contributed by atoms with Crippen LogP contribution >= 0.6 is 0 Å². The molecule has 0 saturated carbocycles. The molecule has 0 bridgehead atoms. The summed E-state index contributed by atoms with van der Waals surface area (Å²) in [6.07, 6.45) is 4.76. The highest BCUT2D eigenvalue weighted by Gasteiger charge is 2.34. The Morgan fingerprint density at radius 2 is 0.872 bits per heavy atom. The third-order valence-corrected chi connectivity index (χ3v) is 5.35. The van der Waals surface area contributed by atoms with Gasteiger partial charge in [0.05, 0.1) is 39.6 Å². The Balaban J connectivity index is 5.33. The van der Waals surface area contributed by atoms with Crippen LogP contribution in [0.1, 0.15) is 20.8 Å². The van der Waals surface area contributed by atoms with E-state index in [1.807, 2.05) is 20.8 Å². The molecule has 0 heterocycles. The van der Waals surface area contributed by atoms with Crippen molar-refractivity contribution in [2.45, 2.75) is 26.3 Å². The molecule has 0 aliphatic rings. The lowest BCUT2D eigenvalue weighted by Gasteiger charge is -2.35. The number of hydrogen-bond donors (Lipinski definition) is 4. The molecule has 0 aliphatic heterocycles. The van der Waals surface area contributed by atoms with E-state index in [1.54, 1.807) is 0 Å². The van der Waals surface area contributed by atoms with Crippen LogP contribution in [0.15, 0.2) is 50.6 Å². The maximum absolute atomic E-state index is 12.4. The van der Waals surface area contributed by atoms with E-state index >= 15 is 0 Å². The van der Waals surface area contributed by atoms with Crippen molar-refractivity contribution in [3.63, 3.8) is 0 Å². The van der Waals surface area contributed by atoms with E-state index in [1.165, 1.54) is 18.2 Å². The van der Waals surface area contributed by atoms with Crippen molar-refractivity contribution in [1.29, 1.82) is 0 Å². The van der Waals surface area contributed by atoms with Crippen LogP contribution in [0.25, 0.3) is 0 Å². The first-order valence-electron chi connectivity index (χ1n) is 12.9. The Kier molecular flexibility index (Phi) is 18.9. The minimum absolute atomic E-state index is 0.00877. The van der Waals surface area contributed by atoms with Crippen molar-refractivity contribution in [1.82, 2.24) is 21.3 Å². The number of nitrogens with one attached hydrogen (secondary N) is 4. The molecule has 11 heteroatoms. The van der Waals surface area contributed by atoms with Crippen LogP contribution in [0.4, 0.5) is 0 Å². The second kappa shape index (κ2) is 20.7. The Morgan fingerprint density at radius 3 is 1.13 bits per heavy atom. The van der Waals surface area contributed by atoms with Gasteiger partial charge in [0, 0.05) is 19.6 Å². The lowest BCUT2D eigenvalue weighted by atomic mass is 10.0. The average Bonchev–Trinajstić information content (AvgIpc) is 2.92. The van der Waals surface area contributed by atoms with Gasteiger partial charge in [0.1, 0.15) is 5.54 Å². The monoisotopic (exact) mass is 550 g/mol. The molecule has 0 rings (SSSR count). The predicted octanol–water partition coefficient (Wildman–Crippen LogP) is 0.892. The fourth-order valence-electron chi connectivity index (χ4n) is 3.13. The molecular formula is C28H46N4O7. The molecule has 0 aromatic rings. The van der Waals surface area contributed by atoms with Gasteiger partial charge >= 0.3 is 0 Å². The summed E-state index contributed by atoms with van der Waals surface area (Å²) in [5, 5.41) is 11.1. The van der Waals surface area contributed by atoms with E-state index in [0.29, 0.717) is 39.5 Å². The fraction of sp³-hybridized carbons (Fsp3) is 0.571. The van der Waals surface area contributed by atoms with Crippen LogP contribution < -0.4 is 21.3 Å². The van der Waals surface area contributed by atoms with Crippen molar-refractivity contribution in [3.05, 3.63) is 50.6 Å². The topological polar surface area (TPSA) is 144 Å². The quantitative estimate of drug-likeness (QED) is 0.138. The summed E-state index contributed by atoms with van der Waals surface area (Å²) in [6.45, 7) is 21.9. The van der Waals surface area contributed by atoms with E-state index in [9.17, 15) is 19.2 Å². The van der Waals surface area contributed by atoms with E-state index < -0.39 is 11.4 Å². The molecular weight excluding hydrogens is 504 g/mol. The van der Waals surface area contributed by atoms with Gasteiger partial charge in [-0.2, -0.15) is 0 Å². The van der Waals surface area contributed by atoms with Crippen LogP contribution in [-0.4, -0.2) is 88.4 Å². The van der Waals surface area contributed by atoms with Crippen molar-refractivity contribution in [3.8, 4) is 0 Å². The highest BCUT2D eigenvalue weighted by atomic mass is 16.5. The van der Waals surface area contributed by atoms with Crippen molar-refractivity contribution in [2.24, 2.45) is 17.8 Å². The minimum atomic E-state index is -1.05. The largest absolute Gasteiger partial charge is 0.378 e. The number of amides is 4. The van der Waals surface area contributed by atoms with Gasteiger partial charge in [-0.1, -0.05) is 47.1 Å². The lowest BCUT2D eigenvalue weighted by Crippen LogP contribution is -2.58. The summed E-state index contributed by atoms with van der Waals surface area (Å²) in [5.41, 5.74) is -1.05. The normalized spacial score (nSPS) is 14.4. The number of rotatable bonds is 23. The van der Waals surface area contributed by atoms with Gasteiger partial charge in [-0.3, -0.25) is 19.2 Å². The number of carbonyl (C=O) groups is 4. The first-order valence-corrected chi connectivity index (χ1v) is 12.9. The second-order valence-electron chi connectivity index (χ2n) is 9.68. The summed E-state index contributed by atoms with van der Waals surface area (Å²) in [6, 6.07) is 0. The minimum Gasteiger partial charge on any atom is -0.378 e. The highest BCUT2D eigenvalue weighted by Crippen LogP contribution is 2.12. The molecule has 0 radical (unpaired) electrons. The molecule has 11 nitrogen and oxygen atoms in total. The van der Waals surface area contributed by atoms with Gasteiger partial charge in [0.2, 0.25) is 23.6 Å². The highest BCUT2D eigenvalue weighted by molar-refractivity contribution is 5.88. The molecule has 0 saturated heterocycles. The van der Waals surface area contributed by atoms with Crippen LogP contribution in [0.2, 0.25) is 0 Å². The number of hydrogen-bond acceptors (Lipinski definition) is 7. The number of ether oxygens (including phenoxy) is 3. The Labute approximate surface area is 232 Å². The second-order valence-corrected chi connectivity index (χ2v) is 9.68. The molecule has 3 atom stereocenters. The fourth-order valence-corrected chi connectivity index (χ4v) is 3.13. The molecule has 0 aromatic carbocycles. The van der Waals surface area contributed by atoms with Gasteiger partial charge in [-0.15, -0.1) is 0 Å². The summed E-state index contributed by atoms with van der Waals surface area (Å²) >= 11 is 0. The van der Waals surface area contributed by atoms with Gasteiger partial charge in [0.15, 0.2) is 0 Å². The van der Waals surface area contributed by atoms with Gasteiger partial charge in [-0.25, -0.2) is 0 Å². The van der Waals surface area contributed by atoms with Crippen molar-refractivity contribution >= 4 is 23.6 Å². The molecule has 4 amide bonds. The van der Waals surface area contributed by atoms with E-state index in [0.717, 1.165) is 6.08 Å². The zero-order valence-corrected chi connectivity index (χ0v) is 23.6. The van der Waals surface area contributed by atoms with Crippen molar-refractivity contribution in [2.75, 3.05) is 59.3 Å². The molecule has 3 unspecified atom stereocenters. The van der Waals surface area contributed by atoms with Crippen LogP contribution in [-0.2, 0) is 33.4 Å². The zero-order chi connectivity index (χ0) is 29.7. The maximum atomic E-state index is 12.4. The Bertz CT molecular complexity index is 742. The molecule has 39 heavy (non-hydrogen) atoms. The summed E-state index contributed by atoms with van der Waals surface area (Å²) < 4.78 is 17.9. The first kappa shape index (κ1) is 35.7. The van der Waals surface area contributed by atoms with E-state index in [4.69, 9.17) is 14.2 Å². The van der Waals surface area contributed by atoms with Crippen LogP contribution in [0.5, 0.6) is 0 Å². The van der Waals surface area contributed by atoms with Crippen LogP contribution in [0.3, 0.4) is 0 Å². The zero-order valence-electron chi connectivity index (χ0n) is 23.6. The standard InChI is InChI=1S/C28H46N4O7/c1-8-24(33)29-12-21(5)15-37-18-28(32-27(36)11-4,19-38-16-22(6)13-30-25(34)9-2)20-39-17-23(7)14-31-26(35)10-3/h8-11,21-23H,1-4,12-20H2,5-7H3,(H,29,33)(H,30,34)(H,31,35)(H,32,36). The smallest absolute Gasteiger partial charge is 0.244 e.